The van der Waals surface area contributed by atoms with Gasteiger partial charge in [0.15, 0.2) is 0 Å². The van der Waals surface area contributed by atoms with E-state index < -0.39 is 11.9 Å². The maximum Gasteiger partial charge on any atom is 0.400 e. The van der Waals surface area contributed by atoms with Gasteiger partial charge in [-0.15, -0.1) is 0 Å². The Kier molecular flexibility index (Phi) is 4.09. The van der Waals surface area contributed by atoms with Crippen molar-refractivity contribution in [2.24, 2.45) is 0 Å². The zero-order chi connectivity index (χ0) is 17.5. The molecule has 2 heterocycles. The monoisotopic (exact) mass is 332 g/mol. The van der Waals surface area contributed by atoms with Crippen molar-refractivity contribution in [3.63, 3.8) is 0 Å². The van der Waals surface area contributed by atoms with E-state index in [-0.39, 0.29) is 18.5 Å². The third-order valence-corrected chi connectivity index (χ3v) is 4.07. The third kappa shape index (κ3) is 2.78. The van der Waals surface area contributed by atoms with Gasteiger partial charge in [0.1, 0.15) is 11.5 Å². The van der Waals surface area contributed by atoms with Crippen LogP contribution in [0.2, 0.25) is 0 Å². The molecule has 0 radical (unpaired) electrons. The Morgan fingerprint density at radius 3 is 2.79 bits per heavy atom. The molecular formula is C18H20O6. The lowest BCUT2D eigenvalue weighted by atomic mass is 9.94. The highest BCUT2D eigenvalue weighted by atomic mass is 16.9. The van der Waals surface area contributed by atoms with Gasteiger partial charge in [-0.2, -0.15) is 0 Å². The quantitative estimate of drug-likeness (QED) is 0.625. The van der Waals surface area contributed by atoms with Crippen molar-refractivity contribution >= 4 is 17.5 Å². The topological polar surface area (TPSA) is 71.1 Å². The first-order valence-electron chi connectivity index (χ1n) is 7.96. The van der Waals surface area contributed by atoms with Crippen LogP contribution in [0.1, 0.15) is 46.1 Å². The fourth-order valence-electron chi connectivity index (χ4n) is 3.03. The maximum absolute atomic E-state index is 11.6. The van der Waals surface area contributed by atoms with Gasteiger partial charge in [0.05, 0.1) is 11.7 Å². The van der Waals surface area contributed by atoms with Crippen LogP contribution in [-0.4, -0.2) is 24.0 Å². The van der Waals surface area contributed by atoms with Crippen LogP contribution in [0.15, 0.2) is 23.8 Å². The Hall–Kier alpha value is -2.34. The zero-order valence-electron chi connectivity index (χ0n) is 14.2. The van der Waals surface area contributed by atoms with E-state index >= 15 is 0 Å². The molecule has 24 heavy (non-hydrogen) atoms. The van der Waals surface area contributed by atoms with E-state index in [1.54, 1.807) is 19.1 Å². The van der Waals surface area contributed by atoms with Crippen molar-refractivity contribution in [3.05, 3.63) is 29.3 Å². The molecular weight excluding hydrogens is 312 g/mol. The van der Waals surface area contributed by atoms with Gasteiger partial charge in [0, 0.05) is 31.4 Å². The summed E-state index contributed by atoms with van der Waals surface area (Å²) < 4.78 is 22.4. The van der Waals surface area contributed by atoms with Gasteiger partial charge in [0.25, 0.3) is 0 Å². The molecule has 2 atom stereocenters. The van der Waals surface area contributed by atoms with E-state index in [9.17, 15) is 9.59 Å². The second-order valence-electron chi connectivity index (χ2n) is 5.97. The van der Waals surface area contributed by atoms with Gasteiger partial charge in [0.2, 0.25) is 0 Å². The summed E-state index contributed by atoms with van der Waals surface area (Å²) in [5.74, 6) is -1.53. The van der Waals surface area contributed by atoms with E-state index in [1.165, 1.54) is 6.92 Å². The minimum absolute atomic E-state index is 0.138. The highest BCUT2D eigenvalue weighted by Gasteiger charge is 2.53. The van der Waals surface area contributed by atoms with E-state index in [1.807, 2.05) is 19.9 Å². The predicted molar refractivity (Wildman–Crippen MR) is 85.3 cm³/mol. The molecule has 0 unspecified atom stereocenters. The van der Waals surface area contributed by atoms with Crippen LogP contribution >= 0.6 is 0 Å². The van der Waals surface area contributed by atoms with E-state index in [2.05, 4.69) is 0 Å². The summed E-state index contributed by atoms with van der Waals surface area (Å²) in [6, 6.07) is 5.16. The maximum atomic E-state index is 11.6. The molecule has 0 bridgehead atoms. The van der Waals surface area contributed by atoms with Gasteiger partial charge < -0.3 is 18.9 Å². The number of carbonyl (C=O) groups excluding carboxylic acids is 2. The largest absolute Gasteiger partial charge is 0.426 e. The number of ether oxygens (including phenoxy) is 4. The summed E-state index contributed by atoms with van der Waals surface area (Å²) in [7, 11) is 0. The summed E-state index contributed by atoms with van der Waals surface area (Å²) in [6.07, 6.45) is 0.755. The molecule has 1 aromatic rings. The minimum Gasteiger partial charge on any atom is -0.426 e. The molecule has 2 aliphatic heterocycles. The molecule has 6 heteroatoms. The lowest BCUT2D eigenvalue weighted by molar-refractivity contribution is -0.295. The standard InChI is InChI=1S/C18H20O6/c1-5-17(20)21-13-6-7-14-11(3)15-8-10(2)22-18(15,23-12(4)19)24-16(14)9-13/h6-7,9-10H,5,8H2,1-4H3/t10-,18+/m1/s1. The van der Waals surface area contributed by atoms with Crippen molar-refractivity contribution in [1.82, 2.24) is 0 Å². The minimum atomic E-state index is -1.53. The number of fused-ring (bicyclic) bond motifs is 2. The fraction of sp³-hybridized carbons (Fsp3) is 0.444. The Labute approximate surface area is 140 Å². The summed E-state index contributed by atoms with van der Waals surface area (Å²) in [5.41, 5.74) is 2.60. The Balaban J connectivity index is 2.03. The van der Waals surface area contributed by atoms with Crippen LogP contribution in [0.4, 0.5) is 0 Å². The second kappa shape index (κ2) is 5.94. The summed E-state index contributed by atoms with van der Waals surface area (Å²) in [5, 5.41) is 0. The van der Waals surface area contributed by atoms with Gasteiger partial charge in [-0.05, 0) is 31.6 Å². The lowest BCUT2D eigenvalue weighted by Crippen LogP contribution is -2.44. The average Bonchev–Trinajstić information content (AvgIpc) is 2.82. The molecule has 0 spiro atoms. The molecule has 1 aromatic carbocycles. The normalized spacial score (nSPS) is 24.8. The van der Waals surface area contributed by atoms with E-state index in [4.69, 9.17) is 18.9 Å². The number of carbonyl (C=O) groups is 2. The average molecular weight is 332 g/mol. The zero-order valence-corrected chi connectivity index (χ0v) is 14.2. The van der Waals surface area contributed by atoms with Gasteiger partial charge >= 0.3 is 17.9 Å². The predicted octanol–water partition coefficient (Wildman–Crippen LogP) is 3.19. The number of allylic oxidation sites excluding steroid dienone is 1. The number of rotatable bonds is 3. The molecule has 1 saturated heterocycles. The third-order valence-electron chi connectivity index (χ3n) is 4.07. The molecule has 6 nitrogen and oxygen atoms in total. The van der Waals surface area contributed by atoms with Crippen LogP contribution in [0.3, 0.4) is 0 Å². The molecule has 0 amide bonds. The van der Waals surface area contributed by atoms with E-state index in [0.717, 1.165) is 16.7 Å². The van der Waals surface area contributed by atoms with Crippen molar-refractivity contribution in [1.29, 1.82) is 0 Å². The number of esters is 2. The number of hydrogen-bond acceptors (Lipinski definition) is 6. The Bertz CT molecular complexity index is 735. The van der Waals surface area contributed by atoms with Crippen molar-refractivity contribution in [2.45, 2.75) is 52.6 Å². The summed E-state index contributed by atoms with van der Waals surface area (Å²) in [6.45, 7) is 6.87. The first kappa shape index (κ1) is 16.5. The molecule has 0 saturated carbocycles. The first-order valence-corrected chi connectivity index (χ1v) is 7.96. The lowest BCUT2D eigenvalue weighted by Gasteiger charge is -2.34. The Morgan fingerprint density at radius 2 is 2.12 bits per heavy atom. The molecule has 3 rings (SSSR count). The van der Waals surface area contributed by atoms with Crippen LogP contribution in [0, 0.1) is 0 Å². The molecule has 1 fully saturated rings. The Morgan fingerprint density at radius 1 is 1.38 bits per heavy atom. The molecule has 2 aliphatic rings. The van der Waals surface area contributed by atoms with Gasteiger partial charge in [-0.25, -0.2) is 0 Å². The second-order valence-corrected chi connectivity index (χ2v) is 5.97. The van der Waals surface area contributed by atoms with Crippen molar-refractivity contribution in [2.75, 3.05) is 0 Å². The fourth-order valence-corrected chi connectivity index (χ4v) is 3.03. The van der Waals surface area contributed by atoms with Gasteiger partial charge in [-0.1, -0.05) is 6.92 Å². The highest BCUT2D eigenvalue weighted by molar-refractivity contribution is 5.78. The van der Waals surface area contributed by atoms with Crippen LogP contribution < -0.4 is 9.47 Å². The van der Waals surface area contributed by atoms with Crippen LogP contribution in [0.25, 0.3) is 5.57 Å². The molecule has 0 N–H and O–H groups in total. The molecule has 0 aromatic heterocycles. The smallest absolute Gasteiger partial charge is 0.400 e. The molecule has 0 aliphatic carbocycles. The highest BCUT2D eigenvalue weighted by Crippen LogP contribution is 2.49. The summed E-state index contributed by atoms with van der Waals surface area (Å²) in [4.78, 5) is 23.0. The van der Waals surface area contributed by atoms with Gasteiger partial charge in [-0.3, -0.25) is 9.59 Å². The van der Waals surface area contributed by atoms with Crippen molar-refractivity contribution < 1.29 is 28.5 Å². The van der Waals surface area contributed by atoms with Crippen LogP contribution in [0.5, 0.6) is 11.5 Å². The van der Waals surface area contributed by atoms with Crippen molar-refractivity contribution in [3.8, 4) is 11.5 Å². The first-order chi connectivity index (χ1) is 11.3. The SMILES string of the molecule is CCC(=O)Oc1ccc2c(c1)O[C@]1(OC(C)=O)O[C@H](C)CC1=C2C. The number of hydrogen-bond donors (Lipinski definition) is 0. The van der Waals surface area contributed by atoms with Crippen LogP contribution in [-0.2, 0) is 19.1 Å². The molecule has 128 valence electrons. The van der Waals surface area contributed by atoms with E-state index in [0.29, 0.717) is 17.9 Å². The number of benzene rings is 1. The summed E-state index contributed by atoms with van der Waals surface area (Å²) >= 11 is 0.